The summed E-state index contributed by atoms with van der Waals surface area (Å²) in [5.41, 5.74) is 0.483. The van der Waals surface area contributed by atoms with Crippen molar-refractivity contribution in [2.45, 2.75) is 45.8 Å². The second kappa shape index (κ2) is 5.28. The average molecular weight is 211 g/mol. The molecule has 0 radical (unpaired) electrons. The monoisotopic (exact) mass is 211 g/mol. The van der Waals surface area contributed by atoms with Crippen LogP contribution in [0.15, 0.2) is 6.20 Å². The van der Waals surface area contributed by atoms with E-state index in [1.165, 1.54) is 0 Å². The Morgan fingerprint density at radius 2 is 2.13 bits per heavy atom. The molecule has 0 spiro atoms. The molecule has 0 aliphatic heterocycles. The fraction of sp³-hybridized carbons (Fsp3) is 0.727. The van der Waals surface area contributed by atoms with E-state index in [1.807, 2.05) is 27.0 Å². The molecule has 0 fully saturated rings. The van der Waals surface area contributed by atoms with Crippen molar-refractivity contribution in [1.82, 2.24) is 15.3 Å². The van der Waals surface area contributed by atoms with Crippen LogP contribution in [0.25, 0.3) is 0 Å². The lowest BCUT2D eigenvalue weighted by Crippen LogP contribution is -2.39. The van der Waals surface area contributed by atoms with Crippen LogP contribution in [0.5, 0.6) is 0 Å². The van der Waals surface area contributed by atoms with Gasteiger partial charge in [-0.05, 0) is 19.8 Å². The summed E-state index contributed by atoms with van der Waals surface area (Å²) in [7, 11) is 0. The van der Waals surface area contributed by atoms with Crippen LogP contribution in [-0.4, -0.2) is 27.2 Å². The van der Waals surface area contributed by atoms with Crippen LogP contribution in [0.4, 0.5) is 0 Å². The minimum atomic E-state index is -0.574. The van der Waals surface area contributed by atoms with Gasteiger partial charge in [-0.25, -0.2) is 4.98 Å². The normalized spacial score (nSPS) is 12.0. The molecule has 1 heterocycles. The fourth-order valence-corrected chi connectivity index (χ4v) is 1.49. The predicted octanol–water partition coefficient (Wildman–Crippen LogP) is 1.36. The Morgan fingerprint density at radius 3 is 2.60 bits per heavy atom. The third-order valence-corrected chi connectivity index (χ3v) is 2.84. The Labute approximate surface area is 91.1 Å². The average Bonchev–Trinajstić information content (AvgIpc) is 2.64. The number of H-pyrrole nitrogens is 1. The summed E-state index contributed by atoms with van der Waals surface area (Å²) in [6.07, 6.45) is 3.37. The molecule has 0 atom stereocenters. The Kier molecular flexibility index (Phi) is 4.29. The summed E-state index contributed by atoms with van der Waals surface area (Å²) in [5.74, 6) is 0.924. The van der Waals surface area contributed by atoms with Crippen LogP contribution < -0.4 is 5.32 Å². The van der Waals surface area contributed by atoms with Gasteiger partial charge >= 0.3 is 0 Å². The summed E-state index contributed by atoms with van der Waals surface area (Å²) in [5, 5.41) is 13.3. The molecule has 0 unspecified atom stereocenters. The van der Waals surface area contributed by atoms with E-state index in [9.17, 15) is 5.11 Å². The smallest absolute Gasteiger partial charge is 0.103 e. The SMILES string of the molecule is CCC(O)(CC)CNCc1cnc(C)[nH]1. The van der Waals surface area contributed by atoms with E-state index in [0.29, 0.717) is 6.54 Å². The number of imidazole rings is 1. The third-order valence-electron chi connectivity index (χ3n) is 2.84. The number of hydrogen-bond donors (Lipinski definition) is 3. The van der Waals surface area contributed by atoms with Crippen molar-refractivity contribution in [2.24, 2.45) is 0 Å². The Morgan fingerprint density at radius 1 is 1.47 bits per heavy atom. The standard InChI is InChI=1S/C11H21N3O/c1-4-11(15,5-2)8-12-6-10-7-13-9(3)14-10/h7,12,15H,4-6,8H2,1-3H3,(H,13,14). The second-order valence-corrected chi connectivity index (χ2v) is 4.03. The molecule has 0 saturated carbocycles. The first-order chi connectivity index (χ1) is 7.09. The molecule has 0 aromatic carbocycles. The molecule has 0 bridgehead atoms. The van der Waals surface area contributed by atoms with Gasteiger partial charge in [0, 0.05) is 25.0 Å². The maximum absolute atomic E-state index is 10.0. The third kappa shape index (κ3) is 3.64. The highest BCUT2D eigenvalue weighted by Crippen LogP contribution is 2.12. The zero-order valence-corrected chi connectivity index (χ0v) is 9.80. The van der Waals surface area contributed by atoms with Crippen molar-refractivity contribution < 1.29 is 5.11 Å². The zero-order chi connectivity index (χ0) is 11.3. The van der Waals surface area contributed by atoms with Gasteiger partial charge in [-0.2, -0.15) is 0 Å². The van der Waals surface area contributed by atoms with E-state index in [0.717, 1.165) is 30.9 Å². The summed E-state index contributed by atoms with van der Waals surface area (Å²) in [4.78, 5) is 7.26. The Hall–Kier alpha value is -0.870. The van der Waals surface area contributed by atoms with Gasteiger partial charge in [-0.3, -0.25) is 0 Å². The fourth-order valence-electron chi connectivity index (χ4n) is 1.49. The first kappa shape index (κ1) is 12.2. The summed E-state index contributed by atoms with van der Waals surface area (Å²) < 4.78 is 0. The van der Waals surface area contributed by atoms with E-state index in [4.69, 9.17) is 0 Å². The molecular formula is C11H21N3O. The molecule has 86 valence electrons. The minimum Gasteiger partial charge on any atom is -0.389 e. The molecule has 4 heteroatoms. The van der Waals surface area contributed by atoms with Crippen LogP contribution in [0.2, 0.25) is 0 Å². The first-order valence-electron chi connectivity index (χ1n) is 5.53. The molecular weight excluding hydrogens is 190 g/mol. The van der Waals surface area contributed by atoms with Gasteiger partial charge in [-0.15, -0.1) is 0 Å². The van der Waals surface area contributed by atoms with Gasteiger partial charge in [0.1, 0.15) is 5.82 Å². The Bertz CT molecular complexity index is 292. The number of rotatable bonds is 6. The maximum Gasteiger partial charge on any atom is 0.103 e. The molecule has 3 N–H and O–H groups in total. The highest BCUT2D eigenvalue weighted by atomic mass is 16.3. The van der Waals surface area contributed by atoms with E-state index in [2.05, 4.69) is 15.3 Å². The molecule has 15 heavy (non-hydrogen) atoms. The van der Waals surface area contributed by atoms with Crippen molar-refractivity contribution in [3.05, 3.63) is 17.7 Å². The number of nitrogens with one attached hydrogen (secondary N) is 2. The number of aromatic nitrogens is 2. The van der Waals surface area contributed by atoms with E-state index >= 15 is 0 Å². The summed E-state index contributed by atoms with van der Waals surface area (Å²) in [6, 6.07) is 0. The van der Waals surface area contributed by atoms with Crippen molar-refractivity contribution in [2.75, 3.05) is 6.54 Å². The minimum absolute atomic E-state index is 0.574. The molecule has 1 rings (SSSR count). The number of nitrogens with zero attached hydrogens (tertiary/aromatic N) is 1. The van der Waals surface area contributed by atoms with Gasteiger partial charge in [-0.1, -0.05) is 13.8 Å². The molecule has 0 saturated heterocycles. The molecule has 1 aromatic heterocycles. The molecule has 0 aliphatic carbocycles. The maximum atomic E-state index is 10.0. The van der Waals surface area contributed by atoms with Crippen molar-refractivity contribution >= 4 is 0 Å². The molecule has 0 amide bonds. The number of hydrogen-bond acceptors (Lipinski definition) is 3. The number of aromatic amines is 1. The van der Waals surface area contributed by atoms with E-state index in [1.54, 1.807) is 0 Å². The lowest BCUT2D eigenvalue weighted by Gasteiger charge is -2.25. The van der Waals surface area contributed by atoms with Crippen LogP contribution in [0, 0.1) is 6.92 Å². The Balaban J connectivity index is 2.32. The number of aliphatic hydroxyl groups is 1. The lowest BCUT2D eigenvalue weighted by molar-refractivity contribution is 0.0322. The van der Waals surface area contributed by atoms with Gasteiger partial charge in [0.2, 0.25) is 0 Å². The molecule has 1 aromatic rings. The lowest BCUT2D eigenvalue weighted by atomic mass is 9.98. The highest BCUT2D eigenvalue weighted by Gasteiger charge is 2.21. The van der Waals surface area contributed by atoms with Crippen molar-refractivity contribution in [1.29, 1.82) is 0 Å². The summed E-state index contributed by atoms with van der Waals surface area (Å²) in [6.45, 7) is 7.29. The van der Waals surface area contributed by atoms with Crippen LogP contribution in [0.1, 0.15) is 38.2 Å². The highest BCUT2D eigenvalue weighted by molar-refractivity contribution is 4.99. The quantitative estimate of drug-likeness (QED) is 0.666. The van der Waals surface area contributed by atoms with Gasteiger partial charge in [0.05, 0.1) is 5.60 Å². The molecule has 4 nitrogen and oxygen atoms in total. The van der Waals surface area contributed by atoms with Gasteiger partial charge in [0.15, 0.2) is 0 Å². The molecule has 0 aliphatic rings. The number of aryl methyl sites for hydroxylation is 1. The van der Waals surface area contributed by atoms with Crippen LogP contribution in [-0.2, 0) is 6.54 Å². The van der Waals surface area contributed by atoms with Crippen LogP contribution >= 0.6 is 0 Å². The first-order valence-corrected chi connectivity index (χ1v) is 5.53. The van der Waals surface area contributed by atoms with E-state index < -0.39 is 5.60 Å². The van der Waals surface area contributed by atoms with Crippen molar-refractivity contribution in [3.8, 4) is 0 Å². The van der Waals surface area contributed by atoms with Crippen molar-refractivity contribution in [3.63, 3.8) is 0 Å². The predicted molar refractivity (Wildman–Crippen MR) is 60.6 cm³/mol. The largest absolute Gasteiger partial charge is 0.389 e. The van der Waals surface area contributed by atoms with Gasteiger partial charge < -0.3 is 15.4 Å². The summed E-state index contributed by atoms with van der Waals surface area (Å²) >= 11 is 0. The van der Waals surface area contributed by atoms with E-state index in [-0.39, 0.29) is 0 Å². The zero-order valence-electron chi connectivity index (χ0n) is 9.80. The second-order valence-electron chi connectivity index (χ2n) is 4.03. The van der Waals surface area contributed by atoms with Gasteiger partial charge in [0.25, 0.3) is 0 Å². The topological polar surface area (TPSA) is 60.9 Å². The van der Waals surface area contributed by atoms with Crippen LogP contribution in [0.3, 0.4) is 0 Å².